The second-order valence-electron chi connectivity index (χ2n) is 17.8. The van der Waals surface area contributed by atoms with Gasteiger partial charge >= 0.3 is 11.9 Å². The largest absolute Gasteiger partial charge is 0.462 e. The smallest absolute Gasteiger partial charge is 0.306 e. The maximum Gasteiger partial charge on any atom is 0.306 e. The highest BCUT2D eigenvalue weighted by Gasteiger charge is 2.17. The van der Waals surface area contributed by atoms with E-state index in [9.17, 15) is 9.59 Å². The molecule has 360 valence electrons. The Morgan fingerprint density at radius 2 is 0.694 bits per heavy atom. The molecule has 0 aliphatic heterocycles. The summed E-state index contributed by atoms with van der Waals surface area (Å²) in [6.07, 6.45) is 66.9. The third kappa shape index (κ3) is 50.2. The predicted molar refractivity (Wildman–Crippen MR) is 270 cm³/mol. The van der Waals surface area contributed by atoms with Crippen molar-refractivity contribution in [2.45, 2.75) is 271 Å². The van der Waals surface area contributed by atoms with Crippen molar-refractivity contribution in [3.63, 3.8) is 0 Å². The molecule has 0 rings (SSSR count). The number of ether oxygens (including phenoxy) is 3. The number of carbonyl (C=O) groups is 2. The van der Waals surface area contributed by atoms with Crippen molar-refractivity contribution in [2.75, 3.05) is 19.8 Å². The summed E-state index contributed by atoms with van der Waals surface area (Å²) in [5, 5.41) is 0. The second-order valence-corrected chi connectivity index (χ2v) is 17.8. The van der Waals surface area contributed by atoms with Gasteiger partial charge in [-0.1, -0.05) is 261 Å². The summed E-state index contributed by atoms with van der Waals surface area (Å²) >= 11 is 0. The van der Waals surface area contributed by atoms with Crippen molar-refractivity contribution >= 4 is 11.9 Å². The van der Waals surface area contributed by atoms with E-state index in [2.05, 4.69) is 81.5 Å². The van der Waals surface area contributed by atoms with Crippen LogP contribution in [-0.2, 0) is 23.8 Å². The monoisotopic (exact) mass is 867 g/mol. The fourth-order valence-corrected chi connectivity index (χ4v) is 7.64. The van der Waals surface area contributed by atoms with Gasteiger partial charge in [-0.3, -0.25) is 9.59 Å². The van der Waals surface area contributed by atoms with Gasteiger partial charge in [0.05, 0.1) is 13.2 Å². The van der Waals surface area contributed by atoms with Gasteiger partial charge in [0.15, 0.2) is 6.10 Å². The molecule has 0 aromatic carbocycles. The SMILES string of the molecule is CC/C=C\C/C=C\C/C=C\C/C=C\C/C=C\CCOCC(COC(=O)CCCCCCCCCCCCCCCCCCCCC)OC(=O)CCCCCCCCCCCCC. The zero-order chi connectivity index (χ0) is 44.9. The Balaban J connectivity index is 4.27. The Bertz CT molecular complexity index is 1070. The number of esters is 2. The molecule has 0 radical (unpaired) electrons. The maximum absolute atomic E-state index is 12.8. The van der Waals surface area contributed by atoms with E-state index < -0.39 is 6.10 Å². The Kier molecular flexibility index (Phi) is 50.9. The standard InChI is InChI=1S/C57H102O5/c1-4-7-10-13-16-19-22-24-26-28-29-30-31-33-36-38-41-44-47-50-56(58)61-54-55(62-57(59)51-48-45-42-39-35-21-18-15-12-9-6-3)53-60-52-49-46-43-40-37-34-32-27-25-23-20-17-14-11-8-5-2/h8,11,17,20,25,27,34,37,43,46,55H,4-7,9-10,12-16,18-19,21-24,26,28-33,35-36,38-42,44-45,47-54H2,1-3H3/b11-8-,20-17-,27-25-,37-34-,46-43-. The zero-order valence-corrected chi connectivity index (χ0v) is 41.4. The highest BCUT2D eigenvalue weighted by Crippen LogP contribution is 2.16. The van der Waals surface area contributed by atoms with Crippen LogP contribution in [0.5, 0.6) is 0 Å². The zero-order valence-electron chi connectivity index (χ0n) is 41.4. The molecule has 0 aliphatic rings. The van der Waals surface area contributed by atoms with Crippen LogP contribution in [-0.4, -0.2) is 37.9 Å². The fraction of sp³-hybridized carbons (Fsp3) is 0.789. The molecule has 0 fully saturated rings. The van der Waals surface area contributed by atoms with Crippen LogP contribution < -0.4 is 0 Å². The molecule has 0 N–H and O–H groups in total. The third-order valence-corrected chi connectivity index (χ3v) is 11.6. The molecule has 5 heteroatoms. The van der Waals surface area contributed by atoms with Crippen LogP contribution in [0.25, 0.3) is 0 Å². The molecule has 0 bridgehead atoms. The van der Waals surface area contributed by atoms with Gasteiger partial charge < -0.3 is 14.2 Å². The molecule has 5 nitrogen and oxygen atoms in total. The fourth-order valence-electron chi connectivity index (χ4n) is 7.64. The minimum atomic E-state index is -0.572. The summed E-state index contributed by atoms with van der Waals surface area (Å²) < 4.78 is 17.3. The summed E-state index contributed by atoms with van der Waals surface area (Å²) in [6.45, 7) is 7.54. The van der Waals surface area contributed by atoms with Gasteiger partial charge in [0.25, 0.3) is 0 Å². The van der Waals surface area contributed by atoms with E-state index in [1.54, 1.807) is 0 Å². The number of allylic oxidation sites excluding steroid dienone is 9. The van der Waals surface area contributed by atoms with Gasteiger partial charge in [-0.15, -0.1) is 0 Å². The molecule has 62 heavy (non-hydrogen) atoms. The van der Waals surface area contributed by atoms with E-state index >= 15 is 0 Å². The van der Waals surface area contributed by atoms with Gasteiger partial charge in [0, 0.05) is 12.8 Å². The number of carbonyl (C=O) groups excluding carboxylic acids is 2. The van der Waals surface area contributed by atoms with Crippen LogP contribution >= 0.6 is 0 Å². The van der Waals surface area contributed by atoms with Crippen LogP contribution in [0.15, 0.2) is 60.8 Å². The van der Waals surface area contributed by atoms with Gasteiger partial charge in [-0.25, -0.2) is 0 Å². The first-order chi connectivity index (χ1) is 30.6. The Hall–Kier alpha value is -2.40. The van der Waals surface area contributed by atoms with Gasteiger partial charge in [0.1, 0.15) is 6.61 Å². The Labute approximate surface area is 385 Å². The normalized spacial score (nSPS) is 12.6. The quantitative estimate of drug-likeness (QED) is 0.0346. The van der Waals surface area contributed by atoms with Crippen molar-refractivity contribution in [2.24, 2.45) is 0 Å². The molecular weight excluding hydrogens is 765 g/mol. The van der Waals surface area contributed by atoms with Crippen LogP contribution in [0.3, 0.4) is 0 Å². The Morgan fingerprint density at radius 1 is 0.371 bits per heavy atom. The summed E-state index contributed by atoms with van der Waals surface area (Å²) in [4.78, 5) is 25.4. The molecule has 0 spiro atoms. The molecule has 0 aliphatic carbocycles. The summed E-state index contributed by atoms with van der Waals surface area (Å²) in [6, 6.07) is 0. The predicted octanol–water partition coefficient (Wildman–Crippen LogP) is 18.1. The number of hydrogen-bond donors (Lipinski definition) is 0. The summed E-state index contributed by atoms with van der Waals surface area (Å²) in [7, 11) is 0. The number of hydrogen-bond acceptors (Lipinski definition) is 5. The van der Waals surface area contributed by atoms with Crippen LogP contribution in [0.1, 0.15) is 265 Å². The third-order valence-electron chi connectivity index (χ3n) is 11.6. The summed E-state index contributed by atoms with van der Waals surface area (Å²) in [5.74, 6) is -0.427. The molecule has 0 heterocycles. The average Bonchev–Trinajstić information content (AvgIpc) is 3.27. The van der Waals surface area contributed by atoms with Gasteiger partial charge in [0.2, 0.25) is 0 Å². The molecule has 0 saturated carbocycles. The lowest BCUT2D eigenvalue weighted by atomic mass is 10.0. The van der Waals surface area contributed by atoms with E-state index in [1.165, 1.54) is 167 Å². The van der Waals surface area contributed by atoms with Crippen LogP contribution in [0, 0.1) is 0 Å². The van der Waals surface area contributed by atoms with Crippen molar-refractivity contribution in [3.8, 4) is 0 Å². The average molecular weight is 867 g/mol. The second kappa shape index (κ2) is 52.9. The first kappa shape index (κ1) is 59.6. The van der Waals surface area contributed by atoms with Crippen molar-refractivity contribution in [1.29, 1.82) is 0 Å². The minimum absolute atomic E-state index is 0.0592. The van der Waals surface area contributed by atoms with Crippen LogP contribution in [0.4, 0.5) is 0 Å². The minimum Gasteiger partial charge on any atom is -0.462 e. The number of rotatable bonds is 49. The summed E-state index contributed by atoms with van der Waals surface area (Å²) in [5.41, 5.74) is 0. The maximum atomic E-state index is 12.8. The van der Waals surface area contributed by atoms with Crippen molar-refractivity contribution in [3.05, 3.63) is 60.8 Å². The van der Waals surface area contributed by atoms with Crippen molar-refractivity contribution in [1.82, 2.24) is 0 Å². The molecule has 0 aromatic heterocycles. The van der Waals surface area contributed by atoms with E-state index in [0.717, 1.165) is 64.2 Å². The van der Waals surface area contributed by atoms with Gasteiger partial charge in [-0.2, -0.15) is 0 Å². The molecule has 1 atom stereocenters. The number of unbranched alkanes of at least 4 members (excludes halogenated alkanes) is 28. The first-order valence-electron chi connectivity index (χ1n) is 26.8. The molecular formula is C57H102O5. The molecule has 0 saturated heterocycles. The lowest BCUT2D eigenvalue weighted by Crippen LogP contribution is -2.30. The van der Waals surface area contributed by atoms with E-state index in [4.69, 9.17) is 14.2 Å². The highest BCUT2D eigenvalue weighted by molar-refractivity contribution is 5.70. The highest BCUT2D eigenvalue weighted by atomic mass is 16.6. The van der Waals surface area contributed by atoms with Crippen LogP contribution in [0.2, 0.25) is 0 Å². The van der Waals surface area contributed by atoms with Gasteiger partial charge in [-0.05, 0) is 51.4 Å². The lowest BCUT2D eigenvalue weighted by molar-refractivity contribution is -0.162. The molecule has 0 aromatic rings. The van der Waals surface area contributed by atoms with Crippen molar-refractivity contribution < 1.29 is 23.8 Å². The first-order valence-corrected chi connectivity index (χ1v) is 26.8. The molecule has 0 amide bonds. The van der Waals surface area contributed by atoms with E-state index in [-0.39, 0.29) is 25.2 Å². The molecule has 1 unspecified atom stereocenters. The lowest BCUT2D eigenvalue weighted by Gasteiger charge is -2.18. The van der Waals surface area contributed by atoms with E-state index in [0.29, 0.717) is 19.4 Å². The van der Waals surface area contributed by atoms with E-state index in [1.807, 2.05) is 0 Å². The topological polar surface area (TPSA) is 61.8 Å². The Morgan fingerprint density at radius 3 is 1.06 bits per heavy atom.